The van der Waals surface area contributed by atoms with E-state index in [1.807, 2.05) is 36.4 Å². The average Bonchev–Trinajstić information content (AvgIpc) is 2.63. The predicted octanol–water partition coefficient (Wildman–Crippen LogP) is 4.15. The van der Waals surface area contributed by atoms with Crippen molar-refractivity contribution >= 4 is 23.0 Å². The third-order valence-electron chi connectivity index (χ3n) is 4.09. The number of rotatable bonds is 8. The lowest BCUT2D eigenvalue weighted by molar-refractivity contribution is -0.114. The van der Waals surface area contributed by atoms with E-state index < -0.39 is 0 Å². The van der Waals surface area contributed by atoms with Crippen molar-refractivity contribution in [3.05, 3.63) is 54.1 Å². The molecule has 0 radical (unpaired) electrons. The van der Waals surface area contributed by atoms with Gasteiger partial charge in [-0.05, 0) is 62.2 Å². The number of anilines is 3. The molecule has 0 saturated carbocycles. The fourth-order valence-corrected chi connectivity index (χ4v) is 2.59. The Labute approximate surface area is 144 Å². The summed E-state index contributed by atoms with van der Waals surface area (Å²) in [7, 11) is 0. The number of carbonyl (C=O) groups excluding carboxylic acids is 1. The third-order valence-corrected chi connectivity index (χ3v) is 4.09. The molecule has 0 aliphatic rings. The van der Waals surface area contributed by atoms with E-state index in [2.05, 4.69) is 48.4 Å². The van der Waals surface area contributed by atoms with Gasteiger partial charge in [-0.15, -0.1) is 0 Å². The predicted molar refractivity (Wildman–Crippen MR) is 103 cm³/mol. The van der Waals surface area contributed by atoms with Crippen molar-refractivity contribution in [3.8, 4) is 0 Å². The van der Waals surface area contributed by atoms with Crippen LogP contribution in [0.2, 0.25) is 0 Å². The van der Waals surface area contributed by atoms with E-state index in [4.69, 9.17) is 0 Å². The largest absolute Gasteiger partial charge is 0.376 e. The normalized spacial score (nSPS) is 10.3. The molecule has 0 fully saturated rings. The molecule has 4 nitrogen and oxygen atoms in total. The van der Waals surface area contributed by atoms with E-state index >= 15 is 0 Å². The van der Waals surface area contributed by atoms with Gasteiger partial charge in [-0.3, -0.25) is 4.79 Å². The summed E-state index contributed by atoms with van der Waals surface area (Å²) in [5.74, 6) is -0.0490. The second-order valence-corrected chi connectivity index (χ2v) is 5.67. The van der Waals surface area contributed by atoms with Crippen molar-refractivity contribution in [2.75, 3.05) is 35.2 Å². The molecule has 0 saturated heterocycles. The number of nitrogens with zero attached hydrogens (tertiary/aromatic N) is 1. The molecule has 0 aromatic heterocycles. The lowest BCUT2D eigenvalue weighted by Crippen LogP contribution is -2.22. The van der Waals surface area contributed by atoms with Gasteiger partial charge in [0.2, 0.25) is 5.91 Å². The van der Waals surface area contributed by atoms with E-state index in [0.29, 0.717) is 0 Å². The molecule has 2 N–H and O–H groups in total. The molecule has 24 heavy (non-hydrogen) atoms. The van der Waals surface area contributed by atoms with E-state index in [1.54, 1.807) is 0 Å². The molecule has 2 aromatic rings. The third kappa shape index (κ3) is 5.01. The first-order valence-electron chi connectivity index (χ1n) is 8.63. The number of nitrogens with one attached hydrogen (secondary N) is 2. The molecule has 0 atom stereocenters. The van der Waals surface area contributed by atoms with Crippen molar-refractivity contribution in [1.29, 1.82) is 0 Å². The number of aryl methyl sites for hydroxylation is 1. The highest BCUT2D eigenvalue weighted by atomic mass is 16.1. The Morgan fingerprint density at radius 1 is 0.875 bits per heavy atom. The summed E-state index contributed by atoms with van der Waals surface area (Å²) in [6.45, 7) is 8.63. The van der Waals surface area contributed by atoms with Crippen LogP contribution < -0.4 is 15.5 Å². The Morgan fingerprint density at radius 3 is 2.00 bits per heavy atom. The number of hydrogen-bond acceptors (Lipinski definition) is 3. The van der Waals surface area contributed by atoms with Crippen LogP contribution in [0.4, 0.5) is 17.1 Å². The summed E-state index contributed by atoms with van der Waals surface area (Å²) < 4.78 is 0. The highest BCUT2D eigenvalue weighted by molar-refractivity contribution is 5.93. The number of carbonyl (C=O) groups is 1. The van der Waals surface area contributed by atoms with Gasteiger partial charge >= 0.3 is 0 Å². The zero-order chi connectivity index (χ0) is 17.4. The van der Waals surface area contributed by atoms with Crippen LogP contribution >= 0.6 is 0 Å². The molecule has 0 heterocycles. The summed E-state index contributed by atoms with van der Waals surface area (Å²) in [4.78, 5) is 14.3. The molecule has 0 aliphatic heterocycles. The summed E-state index contributed by atoms with van der Waals surface area (Å²) in [6, 6.07) is 16.1. The Hall–Kier alpha value is -2.49. The molecule has 128 valence electrons. The topological polar surface area (TPSA) is 44.4 Å². The maximum atomic E-state index is 12.0. The molecule has 0 aliphatic carbocycles. The monoisotopic (exact) mass is 325 g/mol. The van der Waals surface area contributed by atoms with Crippen LogP contribution in [-0.2, 0) is 11.2 Å². The first-order chi connectivity index (χ1) is 11.7. The standard InChI is InChI=1S/C20H27N3O/c1-4-16-7-9-18(10-8-16)22-20(24)15-21-17-11-13-19(14-12-17)23(5-2)6-3/h7-14,21H,4-6,15H2,1-3H3,(H,22,24). The Balaban J connectivity index is 1.84. The molecule has 0 spiro atoms. The number of benzene rings is 2. The first kappa shape index (κ1) is 17.9. The summed E-state index contributed by atoms with van der Waals surface area (Å²) in [5, 5.41) is 6.06. The summed E-state index contributed by atoms with van der Waals surface area (Å²) >= 11 is 0. The fraction of sp³-hybridized carbons (Fsp3) is 0.350. The fourth-order valence-electron chi connectivity index (χ4n) is 2.59. The zero-order valence-corrected chi connectivity index (χ0v) is 14.8. The van der Waals surface area contributed by atoms with Gasteiger partial charge in [0.25, 0.3) is 0 Å². The highest BCUT2D eigenvalue weighted by Crippen LogP contribution is 2.17. The average molecular weight is 325 g/mol. The van der Waals surface area contributed by atoms with Crippen LogP contribution in [0.15, 0.2) is 48.5 Å². The van der Waals surface area contributed by atoms with Gasteiger partial charge in [0.05, 0.1) is 6.54 Å². The summed E-state index contributed by atoms with van der Waals surface area (Å²) in [6.07, 6.45) is 0.999. The van der Waals surface area contributed by atoms with E-state index in [9.17, 15) is 4.79 Å². The quantitative estimate of drug-likeness (QED) is 0.766. The smallest absolute Gasteiger partial charge is 0.243 e. The van der Waals surface area contributed by atoms with Gasteiger partial charge in [-0.1, -0.05) is 19.1 Å². The van der Waals surface area contributed by atoms with Crippen LogP contribution in [0.3, 0.4) is 0 Å². The van der Waals surface area contributed by atoms with Gasteiger partial charge in [0.1, 0.15) is 0 Å². The van der Waals surface area contributed by atoms with Crippen LogP contribution in [0.25, 0.3) is 0 Å². The molecule has 2 aromatic carbocycles. The van der Waals surface area contributed by atoms with Crippen molar-refractivity contribution in [2.24, 2.45) is 0 Å². The minimum Gasteiger partial charge on any atom is -0.376 e. The molecular weight excluding hydrogens is 298 g/mol. The lowest BCUT2D eigenvalue weighted by atomic mass is 10.1. The van der Waals surface area contributed by atoms with Gasteiger partial charge in [0.15, 0.2) is 0 Å². The van der Waals surface area contributed by atoms with Gasteiger partial charge in [-0.25, -0.2) is 0 Å². The second kappa shape index (κ2) is 8.96. The van der Waals surface area contributed by atoms with Gasteiger partial charge in [0, 0.05) is 30.2 Å². The van der Waals surface area contributed by atoms with Gasteiger partial charge in [-0.2, -0.15) is 0 Å². The van der Waals surface area contributed by atoms with Crippen molar-refractivity contribution in [1.82, 2.24) is 0 Å². The van der Waals surface area contributed by atoms with Crippen LogP contribution in [0, 0.1) is 0 Å². The number of amides is 1. The summed E-state index contributed by atoms with van der Waals surface area (Å²) in [5.41, 5.74) is 4.24. The Kier molecular flexibility index (Phi) is 6.67. The molecule has 1 amide bonds. The zero-order valence-electron chi connectivity index (χ0n) is 14.8. The van der Waals surface area contributed by atoms with Gasteiger partial charge < -0.3 is 15.5 Å². The van der Waals surface area contributed by atoms with E-state index in [1.165, 1.54) is 11.3 Å². The minimum atomic E-state index is -0.0490. The van der Waals surface area contributed by atoms with E-state index in [0.717, 1.165) is 30.9 Å². The highest BCUT2D eigenvalue weighted by Gasteiger charge is 2.04. The van der Waals surface area contributed by atoms with Crippen LogP contribution in [0.1, 0.15) is 26.3 Å². The number of hydrogen-bond donors (Lipinski definition) is 2. The first-order valence-corrected chi connectivity index (χ1v) is 8.63. The molecule has 2 rings (SSSR count). The molecule has 4 heteroatoms. The van der Waals surface area contributed by atoms with Crippen molar-refractivity contribution in [2.45, 2.75) is 27.2 Å². The van der Waals surface area contributed by atoms with Crippen molar-refractivity contribution in [3.63, 3.8) is 0 Å². The maximum absolute atomic E-state index is 12.0. The molecule has 0 unspecified atom stereocenters. The van der Waals surface area contributed by atoms with E-state index in [-0.39, 0.29) is 12.5 Å². The van der Waals surface area contributed by atoms with Crippen molar-refractivity contribution < 1.29 is 4.79 Å². The van der Waals surface area contributed by atoms with Crippen LogP contribution in [0.5, 0.6) is 0 Å². The molecular formula is C20H27N3O. The SMILES string of the molecule is CCc1ccc(NC(=O)CNc2ccc(N(CC)CC)cc2)cc1. The Morgan fingerprint density at radius 2 is 1.46 bits per heavy atom. The minimum absolute atomic E-state index is 0.0490. The maximum Gasteiger partial charge on any atom is 0.243 e. The van der Waals surface area contributed by atoms with Crippen LogP contribution in [-0.4, -0.2) is 25.5 Å². The second-order valence-electron chi connectivity index (χ2n) is 5.67. The molecule has 0 bridgehead atoms. The Bertz CT molecular complexity index is 631. The lowest BCUT2D eigenvalue weighted by Gasteiger charge is -2.21.